The maximum atomic E-state index is 16.7. The van der Waals surface area contributed by atoms with Gasteiger partial charge >= 0.3 is 23.9 Å². The SMILES string of the molecule is CC[C@H](OC)[C@@H](C)[C@H]1O[C@@H]1C(NC(=O)c1ccccc1)C(C)(F)/C=C/C=C(\C)C1OC(=O)C[C@H](O)CC[C@@](C)(O)[C@@H](OC(C)=O)/C=C/[C@@H]1C.CC[C@H](OC)[C@@H](C)[C@H]1O[C@@H]1C(NC(=O)c1ccccc1)C(C)(O)/C=C/C=C(\C)C1OC(=O)C[C@H](O)CC[C@@](C)(O)[C@@H](OC(C)=O)/C=C/[C@@H]1C. The predicted molar refractivity (Wildman–Crippen MR) is 368 cm³/mol. The standard InChI is InChI=1S/C38H54FNO9.C38H55NO10/c1-9-29(46-8)25(4)33-34(49-33)35(40-36(44)27-15-11-10-12-16-27)37(6,39)20-13-14-23(2)32-24(3)17-18-30(47-26(5)41)38(7,45)21-19-28(42)22-31(43)48-32;1-9-29(46-8)25(4)33-34(49-33)35(39-36(43)27-15-11-10-12-16-27)38(7,45)20-13-14-23(2)32-24(3)17-18-30(47-26(5)40)37(6,44)21-19-28(41)22-31(42)48-32/h10-18,20,24-25,28-30,32-35,42,45H,9,19,21-22H2,1-8H3,(H,40,44);10-18,20,24-25,28-30,32-35,41,44-45H,9,19,21-22H2,1-8H3,(H,39,43)/b2*18-17+,20-13+,23-14+/t24-,25+,28+,29-,30-,32?,33+,34-,35?,37?,38+;24-,25+,28+,29-,30-,32?,33+,34-,35?,37+,38?/m00/s1. The van der Waals surface area contributed by atoms with Gasteiger partial charge in [-0.1, -0.05) is 120 Å². The molecule has 544 valence electrons. The van der Waals surface area contributed by atoms with Crippen molar-refractivity contribution in [2.45, 2.75) is 256 Å². The fourth-order valence-corrected chi connectivity index (χ4v) is 12.8. The fourth-order valence-electron chi connectivity index (χ4n) is 12.8. The van der Waals surface area contributed by atoms with Crippen LogP contribution in [0.2, 0.25) is 0 Å². The van der Waals surface area contributed by atoms with E-state index in [2.05, 4.69) is 10.6 Å². The van der Waals surface area contributed by atoms with Gasteiger partial charge in [0.25, 0.3) is 11.8 Å². The molecule has 4 heterocycles. The van der Waals surface area contributed by atoms with Gasteiger partial charge in [0.15, 0.2) is 0 Å². The number of carbonyl (C=O) groups excluding carboxylic acids is 6. The molecular formula is C76H109FN2O19. The van der Waals surface area contributed by atoms with Crippen molar-refractivity contribution in [1.82, 2.24) is 10.6 Å². The van der Waals surface area contributed by atoms with Crippen molar-refractivity contribution >= 4 is 35.7 Å². The molecule has 4 aliphatic rings. The molecule has 2 fully saturated rings. The van der Waals surface area contributed by atoms with Gasteiger partial charge in [-0.2, -0.15) is 0 Å². The topological polar surface area (TPSA) is 308 Å². The van der Waals surface area contributed by atoms with Crippen LogP contribution in [0.25, 0.3) is 0 Å². The molecule has 0 radical (unpaired) electrons. The average Bonchev–Trinajstić information content (AvgIpc) is 1.62. The van der Waals surface area contributed by atoms with Crippen LogP contribution in [-0.4, -0.2) is 183 Å². The van der Waals surface area contributed by atoms with Gasteiger partial charge in [-0.3, -0.25) is 28.8 Å². The summed E-state index contributed by atoms with van der Waals surface area (Å²) in [6.45, 7) is 23.7. The van der Waals surface area contributed by atoms with Gasteiger partial charge in [0.2, 0.25) is 0 Å². The molecule has 21 nitrogen and oxygen atoms in total. The molecule has 0 aromatic heterocycles. The van der Waals surface area contributed by atoms with Gasteiger partial charge in [-0.15, -0.1) is 0 Å². The minimum absolute atomic E-state index is 0.0195. The smallest absolute Gasteiger partial charge is 0.309 e. The van der Waals surface area contributed by atoms with Crippen LogP contribution >= 0.6 is 0 Å². The predicted octanol–water partition coefficient (Wildman–Crippen LogP) is 9.37. The molecule has 0 saturated carbocycles. The number of nitrogens with one attached hydrogen (secondary N) is 2. The third kappa shape index (κ3) is 24.3. The van der Waals surface area contributed by atoms with Gasteiger partial charge in [0, 0.05) is 62.9 Å². The number of carbonyl (C=O) groups is 6. The Morgan fingerprint density at radius 1 is 0.622 bits per heavy atom. The van der Waals surface area contributed by atoms with Crippen molar-refractivity contribution in [3.05, 3.63) is 144 Å². The van der Waals surface area contributed by atoms with Crippen molar-refractivity contribution in [3.8, 4) is 0 Å². The molecule has 0 spiro atoms. The highest BCUT2D eigenvalue weighted by atomic mass is 19.1. The third-order valence-corrected chi connectivity index (χ3v) is 19.0. The van der Waals surface area contributed by atoms with Crippen LogP contribution < -0.4 is 10.6 Å². The maximum Gasteiger partial charge on any atom is 0.309 e. The Balaban J connectivity index is 0.000000354. The van der Waals surface area contributed by atoms with E-state index >= 15 is 4.39 Å². The number of amides is 2. The number of allylic oxidation sites excluding steroid dienone is 4. The molecule has 6 rings (SSSR count). The fraction of sp³-hybridized carbons (Fsp3) is 0.605. The number of hydrogen-bond donors (Lipinski definition) is 7. The van der Waals surface area contributed by atoms with Crippen LogP contribution in [0.5, 0.6) is 0 Å². The molecule has 4 aliphatic heterocycles. The molecule has 0 bridgehead atoms. The number of hydrogen-bond acceptors (Lipinski definition) is 19. The Labute approximate surface area is 578 Å². The van der Waals surface area contributed by atoms with Crippen LogP contribution in [0.4, 0.5) is 4.39 Å². The van der Waals surface area contributed by atoms with Crippen molar-refractivity contribution in [2.24, 2.45) is 23.7 Å². The van der Waals surface area contributed by atoms with Crippen LogP contribution in [0.3, 0.4) is 0 Å². The summed E-state index contributed by atoms with van der Waals surface area (Å²) in [6, 6.07) is 15.5. The lowest BCUT2D eigenvalue weighted by molar-refractivity contribution is -0.158. The lowest BCUT2D eigenvalue weighted by atomic mass is 9.87. The van der Waals surface area contributed by atoms with Crippen molar-refractivity contribution < 1.29 is 96.6 Å². The van der Waals surface area contributed by atoms with E-state index in [1.54, 1.807) is 145 Å². The number of rotatable bonds is 24. The molecule has 22 heteroatoms. The van der Waals surface area contributed by atoms with Gasteiger partial charge in [-0.25, -0.2) is 4.39 Å². The first-order valence-corrected chi connectivity index (χ1v) is 34.1. The summed E-state index contributed by atoms with van der Waals surface area (Å²) in [5.41, 5.74) is -4.54. The van der Waals surface area contributed by atoms with Crippen LogP contribution in [0, 0.1) is 23.7 Å². The highest BCUT2D eigenvalue weighted by Gasteiger charge is 2.57. The highest BCUT2D eigenvalue weighted by Crippen LogP contribution is 2.42. The first kappa shape index (κ1) is 81.9. The lowest BCUT2D eigenvalue weighted by Crippen LogP contribution is -2.54. The molecular weight excluding hydrogens is 1260 g/mol. The van der Waals surface area contributed by atoms with E-state index in [0.29, 0.717) is 22.3 Å². The first-order valence-electron chi connectivity index (χ1n) is 34.1. The number of benzene rings is 2. The summed E-state index contributed by atoms with van der Waals surface area (Å²) in [5.74, 6) is -4.04. The third-order valence-electron chi connectivity index (χ3n) is 19.0. The number of alkyl halides is 1. The van der Waals surface area contributed by atoms with E-state index in [1.807, 2.05) is 40.7 Å². The second-order valence-electron chi connectivity index (χ2n) is 27.6. The Hall–Kier alpha value is -6.73. The molecule has 22 atom stereocenters. The monoisotopic (exact) mass is 1370 g/mol. The minimum atomic E-state index is -2.06. The second-order valence-corrected chi connectivity index (χ2v) is 27.6. The largest absolute Gasteiger partial charge is 0.457 e. The zero-order valence-corrected chi connectivity index (χ0v) is 59.9. The number of epoxide rings is 2. The quantitative estimate of drug-likeness (QED) is 0.0169. The first-order chi connectivity index (χ1) is 46.0. The second kappa shape index (κ2) is 37.1. The molecule has 6 unspecified atom stereocenters. The average molecular weight is 1370 g/mol. The molecule has 2 aromatic rings. The number of aliphatic hydroxyl groups excluding tert-OH is 2. The van der Waals surface area contributed by atoms with Gasteiger partial charge in [-0.05, 0) is 134 Å². The number of cyclic esters (lactones) is 2. The zero-order valence-electron chi connectivity index (χ0n) is 59.9. The van der Waals surface area contributed by atoms with Crippen molar-refractivity contribution in [1.29, 1.82) is 0 Å². The Morgan fingerprint density at radius 3 is 1.36 bits per heavy atom. The number of methoxy groups -OCH3 is 2. The summed E-state index contributed by atoms with van der Waals surface area (Å²) in [5, 5.41) is 60.8. The zero-order chi connectivity index (χ0) is 73.0. The Morgan fingerprint density at radius 2 is 0.990 bits per heavy atom. The van der Waals surface area contributed by atoms with Crippen LogP contribution in [0.15, 0.2) is 133 Å². The summed E-state index contributed by atoms with van der Waals surface area (Å²) in [6.07, 6.45) is 9.81. The van der Waals surface area contributed by atoms with E-state index in [-0.39, 0.29) is 80.7 Å². The Bertz CT molecular complexity index is 2910. The van der Waals surface area contributed by atoms with E-state index in [0.717, 1.165) is 12.8 Å². The van der Waals surface area contributed by atoms with Crippen molar-refractivity contribution in [2.75, 3.05) is 14.2 Å². The summed E-state index contributed by atoms with van der Waals surface area (Å²) < 4.78 is 62.4. The van der Waals surface area contributed by atoms with E-state index in [9.17, 15) is 54.3 Å². The normalized spacial score (nSPS) is 32.0. The molecule has 7 N–H and O–H groups in total. The number of ether oxygens (including phenoxy) is 8. The van der Waals surface area contributed by atoms with E-state index in [4.69, 9.17) is 37.9 Å². The van der Waals surface area contributed by atoms with Gasteiger partial charge in [0.1, 0.15) is 59.1 Å². The molecule has 2 saturated heterocycles. The Kier molecular flexibility index (Phi) is 31.0. The number of halogens is 1. The molecule has 2 amide bonds. The highest BCUT2D eigenvalue weighted by molar-refractivity contribution is 5.95. The van der Waals surface area contributed by atoms with E-state index in [1.165, 1.54) is 46.8 Å². The summed E-state index contributed by atoms with van der Waals surface area (Å²) in [4.78, 5) is 75.8. The van der Waals surface area contributed by atoms with Crippen LogP contribution in [-0.2, 0) is 57.1 Å². The lowest BCUT2D eigenvalue weighted by Gasteiger charge is -2.32. The summed E-state index contributed by atoms with van der Waals surface area (Å²) >= 11 is 0. The van der Waals surface area contributed by atoms with Crippen molar-refractivity contribution in [3.63, 3.8) is 0 Å². The van der Waals surface area contributed by atoms with Gasteiger partial charge < -0.3 is 74.1 Å². The molecule has 2 aromatic carbocycles. The summed E-state index contributed by atoms with van der Waals surface area (Å²) in [7, 11) is 3.29. The molecule has 98 heavy (non-hydrogen) atoms. The van der Waals surface area contributed by atoms with E-state index < -0.39 is 125 Å². The maximum absolute atomic E-state index is 16.7. The number of aliphatic hydroxyl groups is 5. The number of esters is 4. The van der Waals surface area contributed by atoms with Crippen LogP contribution in [0.1, 0.15) is 169 Å². The van der Waals surface area contributed by atoms with Gasteiger partial charge in [0.05, 0.1) is 61.5 Å². The minimum Gasteiger partial charge on any atom is -0.457 e. The molecule has 0 aliphatic carbocycles.